The minimum Gasteiger partial charge on any atom is -0.449 e. The summed E-state index contributed by atoms with van der Waals surface area (Å²) in [6.07, 6.45) is 2.28. The highest BCUT2D eigenvalue weighted by Crippen LogP contribution is 2.30. The molecule has 0 unspecified atom stereocenters. The molecule has 8 nitrogen and oxygen atoms in total. The summed E-state index contributed by atoms with van der Waals surface area (Å²) in [4.78, 5) is 33.5. The van der Waals surface area contributed by atoms with Crippen LogP contribution in [0.4, 0.5) is 4.79 Å². The number of aromatic nitrogens is 3. The number of pyridine rings is 1. The van der Waals surface area contributed by atoms with Gasteiger partial charge in [-0.05, 0) is 36.8 Å². The number of carbonyl (C=O) groups is 2. The molecule has 2 aromatic carbocycles. The quantitative estimate of drug-likeness (QED) is 0.411. The van der Waals surface area contributed by atoms with E-state index in [0.29, 0.717) is 48.9 Å². The van der Waals surface area contributed by atoms with E-state index in [-0.39, 0.29) is 12.0 Å². The molecule has 0 atom stereocenters. The maximum atomic E-state index is 13.2. The van der Waals surface area contributed by atoms with E-state index in [4.69, 9.17) is 21.3 Å². The van der Waals surface area contributed by atoms with Gasteiger partial charge in [-0.15, -0.1) is 0 Å². The van der Waals surface area contributed by atoms with Crippen molar-refractivity contribution in [2.75, 3.05) is 32.8 Å². The van der Waals surface area contributed by atoms with Crippen LogP contribution in [0.25, 0.3) is 33.1 Å². The number of piperazine rings is 1. The average Bonchev–Trinajstić information content (AvgIpc) is 3.26. The number of hydrogen-bond donors (Lipinski definition) is 0. The molecular formula is C26H26ClN5O3. The Morgan fingerprint density at radius 2 is 1.80 bits per heavy atom. The molecule has 1 fully saturated rings. The zero-order valence-electron chi connectivity index (χ0n) is 19.7. The highest BCUT2D eigenvalue weighted by Gasteiger charge is 2.26. The van der Waals surface area contributed by atoms with Gasteiger partial charge in [-0.1, -0.05) is 30.7 Å². The molecule has 0 bridgehead atoms. The van der Waals surface area contributed by atoms with Crippen LogP contribution in [-0.2, 0) is 11.8 Å². The van der Waals surface area contributed by atoms with Crippen molar-refractivity contribution < 1.29 is 14.3 Å². The van der Waals surface area contributed by atoms with Crippen molar-refractivity contribution in [3.63, 3.8) is 0 Å². The number of fused-ring (bicyclic) bond motifs is 2. The molecule has 9 heteroatoms. The molecule has 0 N–H and O–H groups in total. The molecule has 3 heterocycles. The normalized spacial score (nSPS) is 14.0. The minimum absolute atomic E-state index is 0.0893. The molecule has 5 rings (SSSR count). The van der Waals surface area contributed by atoms with Crippen LogP contribution in [-0.4, -0.2) is 69.4 Å². The Morgan fingerprint density at radius 1 is 1.03 bits per heavy atom. The van der Waals surface area contributed by atoms with Crippen molar-refractivity contribution >= 4 is 45.4 Å². The molecule has 180 valence electrons. The summed E-state index contributed by atoms with van der Waals surface area (Å²) in [5.41, 5.74) is 3.90. The highest BCUT2D eigenvalue weighted by molar-refractivity contribution is 6.35. The second-order valence-electron chi connectivity index (χ2n) is 8.66. The third kappa shape index (κ3) is 4.53. The summed E-state index contributed by atoms with van der Waals surface area (Å²) in [5.74, 6) is -0.0893. The van der Waals surface area contributed by atoms with Crippen molar-refractivity contribution in [1.82, 2.24) is 24.6 Å². The summed E-state index contributed by atoms with van der Waals surface area (Å²) in [7, 11) is 1.91. The number of hydrogen-bond acceptors (Lipinski definition) is 5. The summed E-state index contributed by atoms with van der Waals surface area (Å²) in [6.45, 7) is 4.18. The van der Waals surface area contributed by atoms with E-state index in [2.05, 4.69) is 5.10 Å². The van der Waals surface area contributed by atoms with E-state index in [1.807, 2.05) is 55.2 Å². The van der Waals surface area contributed by atoms with Gasteiger partial charge in [0.2, 0.25) is 0 Å². The third-order valence-electron chi connectivity index (χ3n) is 6.30. The van der Waals surface area contributed by atoms with Gasteiger partial charge in [0.1, 0.15) is 0 Å². The van der Waals surface area contributed by atoms with E-state index < -0.39 is 0 Å². The van der Waals surface area contributed by atoms with Crippen LogP contribution in [0.1, 0.15) is 23.7 Å². The Bertz CT molecular complexity index is 1430. The third-order valence-corrected chi connectivity index (χ3v) is 6.62. The molecule has 0 spiro atoms. The average molecular weight is 492 g/mol. The molecule has 1 aliphatic heterocycles. The first-order valence-electron chi connectivity index (χ1n) is 11.7. The maximum absolute atomic E-state index is 13.2. The largest absolute Gasteiger partial charge is 0.449 e. The van der Waals surface area contributed by atoms with Gasteiger partial charge in [-0.25, -0.2) is 9.78 Å². The highest BCUT2D eigenvalue weighted by atomic mass is 35.5. The lowest BCUT2D eigenvalue weighted by atomic mass is 10.1. The lowest BCUT2D eigenvalue weighted by molar-refractivity contribution is 0.0560. The maximum Gasteiger partial charge on any atom is 0.409 e. The van der Waals surface area contributed by atoms with Crippen molar-refractivity contribution in [3.05, 3.63) is 59.2 Å². The van der Waals surface area contributed by atoms with Crippen LogP contribution < -0.4 is 0 Å². The second kappa shape index (κ2) is 9.54. The summed E-state index contributed by atoms with van der Waals surface area (Å²) in [6, 6.07) is 13.3. The van der Waals surface area contributed by atoms with Crippen LogP contribution in [0.2, 0.25) is 5.02 Å². The molecule has 0 aliphatic carbocycles. The van der Waals surface area contributed by atoms with Crippen molar-refractivity contribution in [3.8, 4) is 11.3 Å². The first-order chi connectivity index (χ1) is 16.9. The number of amides is 2. The second-order valence-corrected chi connectivity index (χ2v) is 9.06. The Labute approximate surface area is 208 Å². The Balaban J connectivity index is 1.38. The van der Waals surface area contributed by atoms with Crippen LogP contribution in [0, 0.1) is 0 Å². The molecule has 1 saturated heterocycles. The molecule has 35 heavy (non-hydrogen) atoms. The van der Waals surface area contributed by atoms with Crippen LogP contribution in [0.5, 0.6) is 0 Å². The van der Waals surface area contributed by atoms with Crippen LogP contribution in [0.15, 0.2) is 48.7 Å². The van der Waals surface area contributed by atoms with Gasteiger partial charge < -0.3 is 14.5 Å². The van der Waals surface area contributed by atoms with E-state index in [1.165, 1.54) is 0 Å². The number of carbonyl (C=O) groups excluding carboxylic acids is 2. The van der Waals surface area contributed by atoms with Crippen molar-refractivity contribution in [2.24, 2.45) is 7.05 Å². The SMILES string of the molecule is CCCOC(=O)N1CCN(C(=O)c2ccc3c(Cl)cc(-c4ccc5c(cnn5C)c4)nc3c2)CC1. The monoisotopic (exact) mass is 491 g/mol. The molecule has 1 aliphatic rings. The molecule has 0 saturated carbocycles. The molecule has 4 aromatic rings. The molecule has 2 aromatic heterocycles. The van der Waals surface area contributed by atoms with Gasteiger partial charge in [-0.3, -0.25) is 9.48 Å². The summed E-state index contributed by atoms with van der Waals surface area (Å²) >= 11 is 6.60. The first-order valence-corrected chi connectivity index (χ1v) is 12.1. The smallest absolute Gasteiger partial charge is 0.409 e. The number of aryl methyl sites for hydroxylation is 1. The fraction of sp³-hybridized carbons (Fsp3) is 0.308. The van der Waals surface area contributed by atoms with Gasteiger partial charge in [0.15, 0.2) is 0 Å². The molecular weight excluding hydrogens is 466 g/mol. The fourth-order valence-electron chi connectivity index (χ4n) is 4.35. The number of nitrogens with zero attached hydrogens (tertiary/aromatic N) is 5. The predicted molar refractivity (Wildman–Crippen MR) is 136 cm³/mol. The lowest BCUT2D eigenvalue weighted by Crippen LogP contribution is -2.50. The van der Waals surface area contributed by atoms with Crippen LogP contribution in [0.3, 0.4) is 0 Å². The number of rotatable bonds is 4. The predicted octanol–water partition coefficient (Wildman–Crippen LogP) is 4.75. The minimum atomic E-state index is -0.319. The standard InChI is InChI=1S/C26H26ClN5O3/c1-3-12-35-26(34)32-10-8-31(9-11-32)25(33)18-4-6-20-21(27)15-22(29-23(20)14-18)17-5-7-24-19(13-17)16-28-30(24)2/h4-7,13-16H,3,8-12H2,1-2H3. The summed E-state index contributed by atoms with van der Waals surface area (Å²) in [5, 5.41) is 6.69. The van der Waals surface area contributed by atoms with E-state index in [0.717, 1.165) is 34.0 Å². The Morgan fingerprint density at radius 3 is 2.57 bits per heavy atom. The zero-order chi connectivity index (χ0) is 24.5. The lowest BCUT2D eigenvalue weighted by Gasteiger charge is -2.34. The van der Waals surface area contributed by atoms with Gasteiger partial charge in [-0.2, -0.15) is 5.10 Å². The number of halogens is 1. The topological polar surface area (TPSA) is 80.6 Å². The van der Waals surface area contributed by atoms with Crippen molar-refractivity contribution in [1.29, 1.82) is 0 Å². The van der Waals surface area contributed by atoms with E-state index in [9.17, 15) is 9.59 Å². The zero-order valence-corrected chi connectivity index (χ0v) is 20.5. The number of ether oxygens (including phenoxy) is 1. The Hall–Kier alpha value is -3.65. The molecule has 2 amide bonds. The van der Waals surface area contributed by atoms with Gasteiger partial charge in [0.25, 0.3) is 5.91 Å². The van der Waals surface area contributed by atoms with E-state index in [1.54, 1.807) is 21.9 Å². The van der Waals surface area contributed by atoms with Gasteiger partial charge in [0, 0.05) is 55.1 Å². The molecule has 0 radical (unpaired) electrons. The van der Waals surface area contributed by atoms with Gasteiger partial charge in [0.05, 0.1) is 34.6 Å². The van der Waals surface area contributed by atoms with Crippen molar-refractivity contribution in [2.45, 2.75) is 13.3 Å². The Kier molecular flexibility index (Phi) is 6.30. The van der Waals surface area contributed by atoms with E-state index >= 15 is 0 Å². The first kappa shape index (κ1) is 23.1. The number of benzene rings is 2. The summed E-state index contributed by atoms with van der Waals surface area (Å²) < 4.78 is 7.03. The van der Waals surface area contributed by atoms with Gasteiger partial charge >= 0.3 is 6.09 Å². The fourth-order valence-corrected chi connectivity index (χ4v) is 4.61. The van der Waals surface area contributed by atoms with Crippen LogP contribution >= 0.6 is 11.6 Å².